The number of nitrogens with zero attached hydrogens (tertiary/aromatic N) is 1. The first-order valence-corrected chi connectivity index (χ1v) is 13.5. The molecule has 8 nitrogen and oxygen atoms in total. The zero-order valence-electron chi connectivity index (χ0n) is 25.0. The van der Waals surface area contributed by atoms with Crippen LogP contribution < -0.4 is 10.6 Å². The average molecular weight is 540 g/mol. The monoisotopic (exact) mass is 539 g/mol. The summed E-state index contributed by atoms with van der Waals surface area (Å²) in [5.74, 6) is -1.04. The topological polar surface area (TPSA) is 108 Å². The summed E-state index contributed by atoms with van der Waals surface area (Å²) in [6.45, 7) is 18.5. The van der Waals surface area contributed by atoms with Crippen LogP contribution in [0.25, 0.3) is 0 Å². The maximum atomic E-state index is 14.4. The lowest BCUT2D eigenvalue weighted by Crippen LogP contribution is -2.60. The maximum absolute atomic E-state index is 14.4. The quantitative estimate of drug-likeness (QED) is 0.349. The van der Waals surface area contributed by atoms with Crippen LogP contribution in [0, 0.1) is 19.8 Å². The lowest BCUT2D eigenvalue weighted by Gasteiger charge is -2.45. The van der Waals surface area contributed by atoms with Gasteiger partial charge in [0.25, 0.3) is 5.91 Å². The Morgan fingerprint density at radius 1 is 0.949 bits per heavy atom. The molecule has 0 saturated carbocycles. The Bertz CT molecular complexity index is 1150. The smallest absolute Gasteiger partial charge is 0.408 e. The number of phenols is 1. The third kappa shape index (κ3) is 8.22. The number of hydrogen-bond donors (Lipinski definition) is 3. The predicted octanol–water partition coefficient (Wildman–Crippen LogP) is 6.26. The van der Waals surface area contributed by atoms with E-state index in [0.29, 0.717) is 17.7 Å². The highest BCUT2D eigenvalue weighted by Crippen LogP contribution is 2.35. The fraction of sp³-hybridized carbons (Fsp3) is 0.516. The van der Waals surface area contributed by atoms with Crippen LogP contribution in [0.15, 0.2) is 42.5 Å². The van der Waals surface area contributed by atoms with Gasteiger partial charge in [0.15, 0.2) is 0 Å². The normalized spacial score (nSPS) is 13.4. The van der Waals surface area contributed by atoms with E-state index in [1.807, 2.05) is 66.7 Å². The molecule has 0 fully saturated rings. The highest BCUT2D eigenvalue weighted by atomic mass is 16.6. The Hall–Kier alpha value is -3.55. The van der Waals surface area contributed by atoms with Crippen LogP contribution in [0.2, 0.25) is 0 Å². The molecule has 2 unspecified atom stereocenters. The van der Waals surface area contributed by atoms with Gasteiger partial charge in [-0.25, -0.2) is 4.79 Å². The van der Waals surface area contributed by atoms with E-state index in [4.69, 9.17) is 4.74 Å². The Labute approximate surface area is 233 Å². The Balaban J connectivity index is 2.66. The van der Waals surface area contributed by atoms with Gasteiger partial charge in [-0.05, 0) is 89.6 Å². The molecule has 0 aliphatic heterocycles. The highest BCUT2D eigenvalue weighted by molar-refractivity contribution is 6.00. The summed E-state index contributed by atoms with van der Waals surface area (Å²) >= 11 is 0. The number of carbonyl (C=O) groups excluding carboxylic acids is 3. The van der Waals surface area contributed by atoms with Crippen molar-refractivity contribution in [3.05, 3.63) is 59.2 Å². The standard InChI is InChI=1S/C31H45N3O5/c1-11-31(9,10)34(28(37)24(19(2)3)33-29(38)39-30(6,7)8)26(22-15-17-23(35)18-16-22)27(36)32-25-20(4)13-12-14-21(25)5/h12-19,24,26,35H,11H2,1-10H3,(H,32,36)(H,33,38). The SMILES string of the molecule is CCC(C)(C)N(C(=O)C(NC(=O)OC(C)(C)C)C(C)C)C(C(=O)Nc1c(C)cccc1C)c1ccc(O)cc1. The molecule has 8 heteroatoms. The summed E-state index contributed by atoms with van der Waals surface area (Å²) in [7, 11) is 0. The van der Waals surface area contributed by atoms with Crippen LogP contribution in [0.3, 0.4) is 0 Å². The van der Waals surface area contributed by atoms with Gasteiger partial charge in [-0.3, -0.25) is 9.59 Å². The molecule has 0 bridgehead atoms. The van der Waals surface area contributed by atoms with Gasteiger partial charge in [0.2, 0.25) is 5.91 Å². The van der Waals surface area contributed by atoms with Crippen molar-refractivity contribution in [3.8, 4) is 5.75 Å². The van der Waals surface area contributed by atoms with E-state index in [2.05, 4.69) is 10.6 Å². The summed E-state index contributed by atoms with van der Waals surface area (Å²) in [5.41, 5.74) is 1.49. The number of rotatable bonds is 9. The summed E-state index contributed by atoms with van der Waals surface area (Å²) in [5, 5.41) is 15.8. The van der Waals surface area contributed by atoms with E-state index in [-0.39, 0.29) is 11.7 Å². The second-order valence-electron chi connectivity index (χ2n) is 12.0. The number of benzene rings is 2. The molecule has 2 aromatic rings. The number of amides is 3. The largest absolute Gasteiger partial charge is 0.508 e. The van der Waals surface area contributed by atoms with Gasteiger partial charge in [0, 0.05) is 11.2 Å². The Morgan fingerprint density at radius 3 is 1.95 bits per heavy atom. The second kappa shape index (κ2) is 12.5. The number of anilines is 1. The van der Waals surface area contributed by atoms with E-state index in [1.165, 1.54) is 12.1 Å². The number of para-hydroxylation sites is 1. The van der Waals surface area contributed by atoms with E-state index in [9.17, 15) is 19.5 Å². The third-order valence-electron chi connectivity index (χ3n) is 6.80. The van der Waals surface area contributed by atoms with Crippen LogP contribution >= 0.6 is 0 Å². The van der Waals surface area contributed by atoms with Gasteiger partial charge >= 0.3 is 6.09 Å². The molecule has 214 valence electrons. The fourth-order valence-corrected chi connectivity index (χ4v) is 4.32. The fourth-order valence-electron chi connectivity index (χ4n) is 4.32. The lowest BCUT2D eigenvalue weighted by molar-refractivity contribution is -0.148. The third-order valence-corrected chi connectivity index (χ3v) is 6.80. The molecule has 2 atom stereocenters. The van der Waals surface area contributed by atoms with Gasteiger partial charge in [-0.1, -0.05) is 51.1 Å². The molecule has 0 spiro atoms. The molecule has 0 aromatic heterocycles. The second-order valence-corrected chi connectivity index (χ2v) is 12.0. The van der Waals surface area contributed by atoms with Gasteiger partial charge in [0.1, 0.15) is 23.4 Å². The molecular formula is C31H45N3O5. The predicted molar refractivity (Wildman–Crippen MR) is 155 cm³/mol. The number of carbonyl (C=O) groups is 3. The van der Waals surface area contributed by atoms with Crippen LogP contribution in [-0.4, -0.2) is 45.1 Å². The summed E-state index contributed by atoms with van der Waals surface area (Å²) in [6.07, 6.45) is -0.161. The van der Waals surface area contributed by atoms with Crippen LogP contribution in [0.5, 0.6) is 5.75 Å². The zero-order valence-corrected chi connectivity index (χ0v) is 25.0. The highest BCUT2D eigenvalue weighted by Gasteiger charge is 2.44. The maximum Gasteiger partial charge on any atom is 0.408 e. The number of ether oxygens (including phenoxy) is 1. The number of alkyl carbamates (subject to hydrolysis) is 1. The van der Waals surface area contributed by atoms with E-state index in [1.54, 1.807) is 37.8 Å². The number of nitrogens with one attached hydrogen (secondary N) is 2. The molecule has 2 rings (SSSR count). The van der Waals surface area contributed by atoms with Crippen molar-refractivity contribution in [2.45, 2.75) is 98.9 Å². The van der Waals surface area contributed by atoms with Crippen LogP contribution in [0.1, 0.15) is 84.5 Å². The number of hydrogen-bond acceptors (Lipinski definition) is 5. The minimum Gasteiger partial charge on any atom is -0.508 e. The first-order chi connectivity index (χ1) is 18.0. The van der Waals surface area contributed by atoms with Crippen molar-refractivity contribution >= 4 is 23.6 Å². The van der Waals surface area contributed by atoms with Crippen LogP contribution in [0.4, 0.5) is 10.5 Å². The summed E-state index contributed by atoms with van der Waals surface area (Å²) in [6, 6.07) is 10.0. The van der Waals surface area contributed by atoms with E-state index < -0.39 is 41.1 Å². The zero-order chi connectivity index (χ0) is 29.7. The van der Waals surface area contributed by atoms with Gasteiger partial charge in [0.05, 0.1) is 0 Å². The average Bonchev–Trinajstić information content (AvgIpc) is 2.82. The first-order valence-electron chi connectivity index (χ1n) is 13.5. The van der Waals surface area contributed by atoms with Crippen molar-refractivity contribution in [2.75, 3.05) is 5.32 Å². The van der Waals surface area contributed by atoms with Crippen molar-refractivity contribution in [3.63, 3.8) is 0 Å². The summed E-state index contributed by atoms with van der Waals surface area (Å²) in [4.78, 5) is 42.8. The Morgan fingerprint density at radius 2 is 1.49 bits per heavy atom. The van der Waals surface area contributed by atoms with Gasteiger partial charge in [-0.2, -0.15) is 0 Å². The molecular weight excluding hydrogens is 494 g/mol. The van der Waals surface area contributed by atoms with Gasteiger partial charge in [-0.15, -0.1) is 0 Å². The number of aryl methyl sites for hydroxylation is 2. The minimum absolute atomic E-state index is 0.0481. The molecule has 3 N–H and O–H groups in total. The lowest BCUT2D eigenvalue weighted by atomic mass is 9.90. The van der Waals surface area contributed by atoms with Crippen molar-refractivity contribution < 1.29 is 24.2 Å². The van der Waals surface area contributed by atoms with Crippen molar-refractivity contribution in [2.24, 2.45) is 5.92 Å². The molecule has 0 saturated heterocycles. The summed E-state index contributed by atoms with van der Waals surface area (Å²) < 4.78 is 5.44. The molecule has 0 radical (unpaired) electrons. The van der Waals surface area contributed by atoms with Crippen molar-refractivity contribution in [1.82, 2.24) is 10.2 Å². The molecule has 0 aliphatic carbocycles. The van der Waals surface area contributed by atoms with E-state index in [0.717, 1.165) is 11.1 Å². The van der Waals surface area contributed by atoms with E-state index >= 15 is 0 Å². The first kappa shape index (κ1) is 31.7. The molecule has 0 heterocycles. The minimum atomic E-state index is -1.05. The Kier molecular flexibility index (Phi) is 10.2. The molecule has 0 aliphatic rings. The molecule has 39 heavy (non-hydrogen) atoms. The van der Waals surface area contributed by atoms with Crippen LogP contribution in [-0.2, 0) is 14.3 Å². The molecule has 2 aromatic carbocycles. The number of aromatic hydroxyl groups is 1. The van der Waals surface area contributed by atoms with Gasteiger partial charge < -0.3 is 25.4 Å². The number of phenolic OH excluding ortho intramolecular Hbond substituents is 1. The molecule has 3 amide bonds. The van der Waals surface area contributed by atoms with Crippen molar-refractivity contribution in [1.29, 1.82) is 0 Å².